The Labute approximate surface area is 125 Å². The van der Waals surface area contributed by atoms with Crippen molar-refractivity contribution in [1.29, 1.82) is 0 Å². The molecule has 2 heteroatoms. The molecular weight excluding hydrogens is 266 g/mol. The highest BCUT2D eigenvalue weighted by molar-refractivity contribution is 6.30. The molecule has 20 heavy (non-hydrogen) atoms. The van der Waals surface area contributed by atoms with E-state index < -0.39 is 0 Å². The molecule has 3 unspecified atom stereocenters. The van der Waals surface area contributed by atoms with Crippen LogP contribution in [0.4, 0.5) is 0 Å². The Morgan fingerprint density at radius 2 is 1.85 bits per heavy atom. The maximum absolute atomic E-state index is 6.26. The minimum Gasteiger partial charge on any atom is -0.316 e. The third-order valence-electron chi connectivity index (χ3n) is 4.90. The van der Waals surface area contributed by atoms with Gasteiger partial charge in [-0.05, 0) is 60.2 Å². The van der Waals surface area contributed by atoms with Crippen LogP contribution in [0.3, 0.4) is 0 Å². The Balaban J connectivity index is 1.88. The van der Waals surface area contributed by atoms with Crippen LogP contribution in [0.25, 0.3) is 0 Å². The highest BCUT2D eigenvalue weighted by Crippen LogP contribution is 2.45. The number of halogens is 1. The first kappa shape index (κ1) is 12.4. The van der Waals surface area contributed by atoms with Crippen LogP contribution in [0.5, 0.6) is 0 Å². The molecule has 1 N–H and O–H groups in total. The predicted molar refractivity (Wildman–Crippen MR) is 83.3 cm³/mol. The lowest BCUT2D eigenvalue weighted by Gasteiger charge is -2.35. The minimum absolute atomic E-state index is 0.485. The lowest BCUT2D eigenvalue weighted by molar-refractivity contribution is 0.353. The molecule has 0 radical (unpaired) electrons. The van der Waals surface area contributed by atoms with E-state index in [1.165, 1.54) is 23.1 Å². The minimum atomic E-state index is 0.485. The number of rotatable bonds is 1. The zero-order valence-corrected chi connectivity index (χ0v) is 12.1. The van der Waals surface area contributed by atoms with Crippen LogP contribution in [-0.2, 0) is 6.42 Å². The first-order valence-corrected chi connectivity index (χ1v) is 7.75. The maximum atomic E-state index is 6.26. The van der Waals surface area contributed by atoms with Crippen molar-refractivity contribution < 1.29 is 0 Å². The number of hydrogen-bond acceptors (Lipinski definition) is 1. The fourth-order valence-electron chi connectivity index (χ4n) is 4.01. The Hall–Kier alpha value is -1.31. The van der Waals surface area contributed by atoms with E-state index in [9.17, 15) is 0 Å². The predicted octanol–water partition coefficient (Wildman–Crippen LogP) is 3.86. The van der Waals surface area contributed by atoms with E-state index in [0.717, 1.165) is 24.0 Å². The van der Waals surface area contributed by atoms with E-state index in [1.54, 1.807) is 0 Å². The summed E-state index contributed by atoms with van der Waals surface area (Å²) in [6, 6.07) is 17.3. The molecule has 2 aliphatic rings. The summed E-state index contributed by atoms with van der Waals surface area (Å²) < 4.78 is 0. The smallest absolute Gasteiger partial charge is 0.0409 e. The summed E-state index contributed by atoms with van der Waals surface area (Å²) in [6.45, 7) is 2.27. The molecule has 102 valence electrons. The molecule has 2 aromatic carbocycles. The van der Waals surface area contributed by atoms with E-state index in [4.69, 9.17) is 11.6 Å². The average molecular weight is 284 g/mol. The second-order valence-electron chi connectivity index (χ2n) is 6.02. The van der Waals surface area contributed by atoms with Gasteiger partial charge in [-0.3, -0.25) is 0 Å². The van der Waals surface area contributed by atoms with E-state index in [-0.39, 0.29) is 0 Å². The summed E-state index contributed by atoms with van der Waals surface area (Å²) in [5.74, 6) is 1.94. The van der Waals surface area contributed by atoms with Gasteiger partial charge < -0.3 is 5.32 Å². The van der Waals surface area contributed by atoms with Gasteiger partial charge >= 0.3 is 0 Å². The largest absolute Gasteiger partial charge is 0.316 e. The van der Waals surface area contributed by atoms with Crippen molar-refractivity contribution in [2.75, 3.05) is 13.1 Å². The van der Waals surface area contributed by atoms with Crippen LogP contribution in [0, 0.1) is 11.8 Å². The molecule has 1 saturated heterocycles. The van der Waals surface area contributed by atoms with Crippen LogP contribution in [0.2, 0.25) is 5.02 Å². The van der Waals surface area contributed by atoms with Gasteiger partial charge in [-0.1, -0.05) is 48.0 Å². The highest BCUT2D eigenvalue weighted by Gasteiger charge is 2.40. The molecule has 3 atom stereocenters. The Morgan fingerprint density at radius 1 is 1.00 bits per heavy atom. The molecule has 1 nitrogen and oxygen atoms in total. The van der Waals surface area contributed by atoms with Crippen LogP contribution < -0.4 is 5.32 Å². The van der Waals surface area contributed by atoms with Crippen molar-refractivity contribution in [1.82, 2.24) is 5.32 Å². The van der Waals surface area contributed by atoms with Crippen molar-refractivity contribution in [2.24, 2.45) is 11.8 Å². The molecule has 0 bridgehead atoms. The molecule has 1 fully saturated rings. The van der Waals surface area contributed by atoms with Crippen LogP contribution in [0.15, 0.2) is 48.5 Å². The Kier molecular flexibility index (Phi) is 3.05. The first-order valence-electron chi connectivity index (χ1n) is 7.37. The number of benzene rings is 2. The molecular formula is C18H18ClN. The monoisotopic (exact) mass is 283 g/mol. The molecule has 1 aliphatic carbocycles. The third kappa shape index (κ3) is 1.97. The van der Waals surface area contributed by atoms with Crippen molar-refractivity contribution in [3.63, 3.8) is 0 Å². The van der Waals surface area contributed by atoms with Crippen molar-refractivity contribution in [3.8, 4) is 0 Å². The number of nitrogens with one attached hydrogen (secondary N) is 1. The summed E-state index contributed by atoms with van der Waals surface area (Å²) in [4.78, 5) is 0. The lowest BCUT2D eigenvalue weighted by Crippen LogP contribution is -2.29. The van der Waals surface area contributed by atoms with Crippen LogP contribution >= 0.6 is 11.6 Å². The summed E-state index contributed by atoms with van der Waals surface area (Å²) in [5, 5.41) is 4.44. The summed E-state index contributed by atoms with van der Waals surface area (Å²) in [5.41, 5.74) is 4.34. The van der Waals surface area contributed by atoms with Gasteiger partial charge in [0.2, 0.25) is 0 Å². The standard InChI is InChI=1S/C18H18ClN/c19-15-7-6-13-8-14-10-20-11-17(14)18(16(13)9-15)12-4-2-1-3-5-12/h1-7,9,14,17-18,20H,8,10-11H2. The molecule has 4 rings (SSSR count). The summed E-state index contributed by atoms with van der Waals surface area (Å²) in [6.07, 6.45) is 1.19. The SMILES string of the molecule is Clc1ccc2c(c1)C(c1ccccc1)C1CNCC1C2. The quantitative estimate of drug-likeness (QED) is 0.838. The van der Waals surface area contributed by atoms with Gasteiger partial charge in [-0.15, -0.1) is 0 Å². The van der Waals surface area contributed by atoms with Crippen molar-refractivity contribution in [3.05, 3.63) is 70.2 Å². The fourth-order valence-corrected chi connectivity index (χ4v) is 4.19. The van der Waals surface area contributed by atoms with E-state index in [0.29, 0.717) is 11.8 Å². The topological polar surface area (TPSA) is 12.0 Å². The van der Waals surface area contributed by atoms with Crippen molar-refractivity contribution >= 4 is 11.6 Å². The van der Waals surface area contributed by atoms with E-state index in [1.807, 2.05) is 6.07 Å². The van der Waals surface area contributed by atoms with Gasteiger partial charge in [0.1, 0.15) is 0 Å². The van der Waals surface area contributed by atoms with Crippen LogP contribution in [0.1, 0.15) is 22.6 Å². The number of fused-ring (bicyclic) bond motifs is 2. The Bertz CT molecular complexity index is 623. The van der Waals surface area contributed by atoms with E-state index in [2.05, 4.69) is 47.8 Å². The number of hydrogen-bond donors (Lipinski definition) is 1. The van der Waals surface area contributed by atoms with Gasteiger partial charge in [-0.25, -0.2) is 0 Å². The van der Waals surface area contributed by atoms with Gasteiger partial charge in [0.15, 0.2) is 0 Å². The van der Waals surface area contributed by atoms with E-state index >= 15 is 0 Å². The first-order chi connectivity index (χ1) is 9.83. The summed E-state index contributed by atoms with van der Waals surface area (Å²) >= 11 is 6.26. The van der Waals surface area contributed by atoms with Gasteiger partial charge in [0.25, 0.3) is 0 Å². The molecule has 0 amide bonds. The molecule has 1 heterocycles. The highest BCUT2D eigenvalue weighted by atomic mass is 35.5. The van der Waals surface area contributed by atoms with Gasteiger partial charge in [0.05, 0.1) is 0 Å². The normalized spacial score (nSPS) is 27.9. The summed E-state index contributed by atoms with van der Waals surface area (Å²) in [7, 11) is 0. The van der Waals surface area contributed by atoms with Crippen LogP contribution in [-0.4, -0.2) is 13.1 Å². The fraction of sp³-hybridized carbons (Fsp3) is 0.333. The average Bonchev–Trinajstić information content (AvgIpc) is 2.93. The zero-order chi connectivity index (χ0) is 13.5. The zero-order valence-electron chi connectivity index (χ0n) is 11.4. The Morgan fingerprint density at radius 3 is 2.70 bits per heavy atom. The lowest BCUT2D eigenvalue weighted by atomic mass is 9.68. The van der Waals surface area contributed by atoms with Crippen molar-refractivity contribution in [2.45, 2.75) is 12.3 Å². The molecule has 0 aromatic heterocycles. The third-order valence-corrected chi connectivity index (χ3v) is 5.14. The van der Waals surface area contributed by atoms with Gasteiger partial charge in [0, 0.05) is 10.9 Å². The molecule has 2 aromatic rings. The molecule has 0 spiro atoms. The molecule has 1 aliphatic heterocycles. The second kappa shape index (κ2) is 4.91. The second-order valence-corrected chi connectivity index (χ2v) is 6.45. The maximum Gasteiger partial charge on any atom is 0.0409 e. The molecule has 0 saturated carbocycles. The van der Waals surface area contributed by atoms with Gasteiger partial charge in [-0.2, -0.15) is 0 Å².